The molecule has 0 radical (unpaired) electrons. The minimum Gasteiger partial charge on any atom is -0.508 e. The molecule has 20 heavy (non-hydrogen) atoms. The lowest BCUT2D eigenvalue weighted by Crippen LogP contribution is -2.51. The number of hydrogen-bond donors (Lipinski definition) is 2. The van der Waals surface area contributed by atoms with Gasteiger partial charge in [-0.05, 0) is 31.9 Å². The molecule has 0 bridgehead atoms. The van der Waals surface area contributed by atoms with Crippen molar-refractivity contribution in [3.8, 4) is 5.75 Å². The Bertz CT molecular complexity index is 470. The summed E-state index contributed by atoms with van der Waals surface area (Å²) in [5.74, 6) is 0.180. The van der Waals surface area contributed by atoms with Crippen LogP contribution in [0, 0.1) is 5.41 Å². The van der Waals surface area contributed by atoms with E-state index in [1.807, 2.05) is 13.0 Å². The maximum absolute atomic E-state index is 12.9. The number of carbonyl (C=O) groups is 1. The Labute approximate surface area is 119 Å². The van der Waals surface area contributed by atoms with Gasteiger partial charge in [-0.1, -0.05) is 6.07 Å². The van der Waals surface area contributed by atoms with Gasteiger partial charge in [0.2, 0.25) is 5.91 Å². The number of nitrogens with zero attached hydrogens (tertiary/aromatic N) is 1. The molecule has 1 saturated heterocycles. The Morgan fingerprint density at radius 1 is 1.45 bits per heavy atom. The van der Waals surface area contributed by atoms with Crippen LogP contribution < -0.4 is 10.6 Å². The molecule has 1 heterocycles. The monoisotopic (exact) mass is 278 g/mol. The largest absolute Gasteiger partial charge is 0.508 e. The smallest absolute Gasteiger partial charge is 0.234 e. The van der Waals surface area contributed by atoms with Crippen LogP contribution in [0.5, 0.6) is 5.75 Å². The van der Waals surface area contributed by atoms with Gasteiger partial charge in [-0.3, -0.25) is 4.79 Å². The third kappa shape index (κ3) is 2.78. The number of benzene rings is 1. The van der Waals surface area contributed by atoms with Gasteiger partial charge in [0.1, 0.15) is 5.75 Å². The maximum Gasteiger partial charge on any atom is 0.234 e. The zero-order valence-corrected chi connectivity index (χ0v) is 11.8. The first kappa shape index (κ1) is 14.8. The highest BCUT2D eigenvalue weighted by molar-refractivity contribution is 5.98. The van der Waals surface area contributed by atoms with E-state index < -0.39 is 5.41 Å². The van der Waals surface area contributed by atoms with Crippen LogP contribution in [0.1, 0.15) is 19.8 Å². The molecule has 0 saturated carbocycles. The van der Waals surface area contributed by atoms with Crippen LogP contribution in [0.15, 0.2) is 24.3 Å². The Morgan fingerprint density at radius 3 is 2.70 bits per heavy atom. The molecule has 1 aliphatic rings. The second-order valence-corrected chi connectivity index (χ2v) is 5.17. The predicted molar refractivity (Wildman–Crippen MR) is 77.7 cm³/mol. The molecule has 1 fully saturated rings. The fourth-order valence-corrected chi connectivity index (χ4v) is 2.66. The van der Waals surface area contributed by atoms with Crippen molar-refractivity contribution < 1.29 is 14.6 Å². The first-order valence-electron chi connectivity index (χ1n) is 7.02. The highest BCUT2D eigenvalue weighted by Crippen LogP contribution is 2.34. The summed E-state index contributed by atoms with van der Waals surface area (Å²) in [6.45, 7) is 3.93. The van der Waals surface area contributed by atoms with E-state index in [0.717, 1.165) is 0 Å². The molecule has 1 aliphatic heterocycles. The standard InChI is InChI=1S/C15H22N2O3/c1-2-17(12-4-3-5-13(18)10-12)14(19)15(11-16)6-8-20-9-7-15/h3-5,10,18H,2,6-9,11,16H2,1H3. The molecular formula is C15H22N2O3. The Morgan fingerprint density at radius 2 is 2.15 bits per heavy atom. The second-order valence-electron chi connectivity index (χ2n) is 5.17. The molecule has 0 spiro atoms. The maximum atomic E-state index is 12.9. The Hall–Kier alpha value is -1.59. The molecule has 0 atom stereocenters. The molecule has 1 aromatic carbocycles. The van der Waals surface area contributed by atoms with Gasteiger partial charge in [0.25, 0.3) is 0 Å². The fraction of sp³-hybridized carbons (Fsp3) is 0.533. The van der Waals surface area contributed by atoms with E-state index in [1.165, 1.54) is 0 Å². The van der Waals surface area contributed by atoms with Crippen LogP contribution in [0.4, 0.5) is 5.69 Å². The second kappa shape index (κ2) is 6.24. The topological polar surface area (TPSA) is 75.8 Å². The average Bonchev–Trinajstić information content (AvgIpc) is 2.48. The van der Waals surface area contributed by atoms with Crippen molar-refractivity contribution in [1.29, 1.82) is 0 Å². The van der Waals surface area contributed by atoms with Gasteiger partial charge in [0, 0.05) is 38.1 Å². The molecule has 1 aromatic rings. The lowest BCUT2D eigenvalue weighted by atomic mass is 9.78. The summed E-state index contributed by atoms with van der Waals surface area (Å²) in [4.78, 5) is 14.6. The van der Waals surface area contributed by atoms with Crippen molar-refractivity contribution in [2.45, 2.75) is 19.8 Å². The Kier molecular flexibility index (Phi) is 4.62. The molecule has 5 nitrogen and oxygen atoms in total. The highest BCUT2D eigenvalue weighted by atomic mass is 16.5. The van der Waals surface area contributed by atoms with Gasteiger partial charge >= 0.3 is 0 Å². The van der Waals surface area contributed by atoms with Gasteiger partial charge in [0.15, 0.2) is 0 Å². The summed E-state index contributed by atoms with van der Waals surface area (Å²) >= 11 is 0. The number of nitrogens with two attached hydrogens (primary N) is 1. The van der Waals surface area contributed by atoms with Crippen molar-refractivity contribution in [3.05, 3.63) is 24.3 Å². The minimum absolute atomic E-state index is 0.0244. The first-order valence-corrected chi connectivity index (χ1v) is 7.02. The normalized spacial score (nSPS) is 17.7. The van der Waals surface area contributed by atoms with Crippen molar-refractivity contribution in [2.24, 2.45) is 11.1 Å². The van der Waals surface area contributed by atoms with Crippen LogP contribution in [0.3, 0.4) is 0 Å². The zero-order valence-electron chi connectivity index (χ0n) is 11.8. The number of amides is 1. The van der Waals surface area contributed by atoms with Gasteiger partial charge < -0.3 is 20.5 Å². The third-order valence-electron chi connectivity index (χ3n) is 4.00. The lowest BCUT2D eigenvalue weighted by Gasteiger charge is -2.38. The summed E-state index contributed by atoms with van der Waals surface area (Å²) in [6, 6.07) is 6.75. The van der Waals surface area contributed by atoms with E-state index in [1.54, 1.807) is 23.1 Å². The Balaban J connectivity index is 2.28. The minimum atomic E-state index is -0.542. The van der Waals surface area contributed by atoms with E-state index in [-0.39, 0.29) is 11.7 Å². The van der Waals surface area contributed by atoms with Gasteiger partial charge in [-0.15, -0.1) is 0 Å². The molecule has 1 amide bonds. The molecule has 110 valence electrons. The highest BCUT2D eigenvalue weighted by Gasteiger charge is 2.41. The van der Waals surface area contributed by atoms with Crippen molar-refractivity contribution in [1.82, 2.24) is 0 Å². The molecule has 0 aliphatic carbocycles. The van der Waals surface area contributed by atoms with Gasteiger partial charge in [0.05, 0.1) is 5.41 Å². The molecule has 0 unspecified atom stereocenters. The van der Waals surface area contributed by atoms with E-state index in [4.69, 9.17) is 10.5 Å². The number of hydrogen-bond acceptors (Lipinski definition) is 4. The van der Waals surface area contributed by atoms with Crippen molar-refractivity contribution in [2.75, 3.05) is 31.2 Å². The SMILES string of the molecule is CCN(C(=O)C1(CN)CCOCC1)c1cccc(O)c1. The summed E-state index contributed by atoms with van der Waals surface area (Å²) in [6.07, 6.45) is 1.30. The van der Waals surface area contributed by atoms with E-state index >= 15 is 0 Å². The first-order chi connectivity index (χ1) is 9.63. The molecule has 3 N–H and O–H groups in total. The van der Waals surface area contributed by atoms with Crippen molar-refractivity contribution >= 4 is 11.6 Å². The van der Waals surface area contributed by atoms with E-state index in [2.05, 4.69) is 0 Å². The van der Waals surface area contributed by atoms with Crippen LogP contribution in [0.2, 0.25) is 0 Å². The summed E-state index contributed by atoms with van der Waals surface area (Å²) < 4.78 is 5.35. The van der Waals surface area contributed by atoms with Gasteiger partial charge in [-0.2, -0.15) is 0 Å². The van der Waals surface area contributed by atoms with Crippen LogP contribution >= 0.6 is 0 Å². The number of phenolic OH excluding ortho intramolecular Hbond substituents is 1. The number of rotatable bonds is 4. The molecule has 5 heteroatoms. The average molecular weight is 278 g/mol. The molecular weight excluding hydrogens is 256 g/mol. The summed E-state index contributed by atoms with van der Waals surface area (Å²) in [7, 11) is 0. The van der Waals surface area contributed by atoms with E-state index in [9.17, 15) is 9.90 Å². The predicted octanol–water partition coefficient (Wildman–Crippen LogP) is 1.50. The molecule has 2 rings (SSSR count). The quantitative estimate of drug-likeness (QED) is 0.875. The lowest BCUT2D eigenvalue weighted by molar-refractivity contribution is -0.133. The zero-order chi connectivity index (χ0) is 14.6. The fourth-order valence-electron chi connectivity index (χ4n) is 2.66. The number of phenols is 1. The van der Waals surface area contributed by atoms with Crippen LogP contribution in [-0.4, -0.2) is 37.3 Å². The van der Waals surface area contributed by atoms with Crippen LogP contribution in [0.25, 0.3) is 0 Å². The summed E-state index contributed by atoms with van der Waals surface area (Å²) in [5, 5.41) is 9.59. The number of anilines is 1. The molecule has 0 aromatic heterocycles. The van der Waals surface area contributed by atoms with E-state index in [0.29, 0.717) is 44.8 Å². The number of aromatic hydroxyl groups is 1. The van der Waals surface area contributed by atoms with Gasteiger partial charge in [-0.25, -0.2) is 0 Å². The number of ether oxygens (including phenoxy) is 1. The summed E-state index contributed by atoms with van der Waals surface area (Å²) in [5.41, 5.74) is 6.05. The van der Waals surface area contributed by atoms with Crippen LogP contribution in [-0.2, 0) is 9.53 Å². The number of carbonyl (C=O) groups excluding carboxylic acids is 1. The third-order valence-corrected chi connectivity index (χ3v) is 4.00. The van der Waals surface area contributed by atoms with Crippen molar-refractivity contribution in [3.63, 3.8) is 0 Å².